The number of benzene rings is 1. The zero-order valence-electron chi connectivity index (χ0n) is 11.2. The van der Waals surface area contributed by atoms with Gasteiger partial charge in [-0.15, -0.1) is 0 Å². The lowest BCUT2D eigenvalue weighted by Crippen LogP contribution is -2.30. The number of carboxylic acids is 1. The summed E-state index contributed by atoms with van der Waals surface area (Å²) in [7, 11) is -3.92. The third kappa shape index (κ3) is 4.52. The largest absolute Gasteiger partial charge is 0.479 e. The lowest BCUT2D eigenvalue weighted by molar-refractivity contribution is -0.146. The molecule has 8 nitrogen and oxygen atoms in total. The van der Waals surface area contributed by atoms with E-state index in [4.69, 9.17) is 15.9 Å². The van der Waals surface area contributed by atoms with E-state index in [1.54, 1.807) is 6.92 Å². The Morgan fingerprint density at radius 3 is 2.52 bits per heavy atom. The number of nitrogens with one attached hydrogen (secondary N) is 1. The van der Waals surface area contributed by atoms with Gasteiger partial charge in [-0.05, 0) is 31.0 Å². The van der Waals surface area contributed by atoms with Gasteiger partial charge in [-0.2, -0.15) is 0 Å². The summed E-state index contributed by atoms with van der Waals surface area (Å²) in [6.45, 7) is 1.36. The first-order valence-electron chi connectivity index (χ1n) is 5.96. The molecule has 1 unspecified atom stereocenters. The van der Waals surface area contributed by atoms with E-state index in [0.29, 0.717) is 5.56 Å². The van der Waals surface area contributed by atoms with Crippen molar-refractivity contribution in [1.82, 2.24) is 4.72 Å². The maximum atomic E-state index is 12.0. The second-order valence-electron chi connectivity index (χ2n) is 4.38. The number of primary amides is 1. The van der Waals surface area contributed by atoms with Gasteiger partial charge in [-0.1, -0.05) is 6.07 Å². The van der Waals surface area contributed by atoms with E-state index in [1.165, 1.54) is 12.1 Å². The van der Waals surface area contributed by atoms with Crippen LogP contribution in [0.4, 0.5) is 0 Å². The molecule has 0 saturated heterocycles. The Morgan fingerprint density at radius 2 is 2.00 bits per heavy atom. The number of carbonyl (C=O) groups excluding carboxylic acids is 1. The first-order valence-corrected chi connectivity index (χ1v) is 7.44. The van der Waals surface area contributed by atoms with Crippen molar-refractivity contribution in [2.24, 2.45) is 5.73 Å². The minimum Gasteiger partial charge on any atom is -0.479 e. The summed E-state index contributed by atoms with van der Waals surface area (Å²) in [5.41, 5.74) is 5.78. The van der Waals surface area contributed by atoms with Crippen molar-refractivity contribution in [3.8, 4) is 0 Å². The van der Waals surface area contributed by atoms with Crippen LogP contribution in [-0.4, -0.2) is 43.2 Å². The number of sulfonamides is 1. The molecule has 9 heteroatoms. The average molecular weight is 316 g/mol. The van der Waals surface area contributed by atoms with Crippen LogP contribution in [0.25, 0.3) is 0 Å². The predicted octanol–water partition coefficient (Wildman–Crippen LogP) is -0.792. The smallest absolute Gasteiger partial charge is 0.332 e. The molecule has 1 aromatic carbocycles. The number of aliphatic hydroxyl groups excluding tert-OH is 1. The Bertz CT molecular complexity index is 656. The van der Waals surface area contributed by atoms with Crippen molar-refractivity contribution in [3.63, 3.8) is 0 Å². The van der Waals surface area contributed by atoms with Crippen LogP contribution in [0.3, 0.4) is 0 Å². The molecule has 0 radical (unpaired) electrons. The highest BCUT2D eigenvalue weighted by atomic mass is 32.2. The van der Waals surface area contributed by atoms with Gasteiger partial charge in [0.2, 0.25) is 15.9 Å². The standard InChI is InChI=1S/C12H16N2O6S/c1-7-2-3-8(6-9(7)11(13)16)21(19,20)14-5-4-10(15)12(17)18/h2-3,6,10,14-15H,4-5H2,1H3,(H2,13,16)(H,17,18). The number of hydrogen-bond acceptors (Lipinski definition) is 5. The van der Waals surface area contributed by atoms with Crippen molar-refractivity contribution in [3.05, 3.63) is 29.3 Å². The molecule has 0 aliphatic carbocycles. The van der Waals surface area contributed by atoms with Gasteiger partial charge >= 0.3 is 5.97 Å². The van der Waals surface area contributed by atoms with Gasteiger partial charge in [0.05, 0.1) is 4.90 Å². The van der Waals surface area contributed by atoms with Crippen LogP contribution in [0.1, 0.15) is 22.3 Å². The van der Waals surface area contributed by atoms with Crippen molar-refractivity contribution >= 4 is 21.9 Å². The molecule has 1 rings (SSSR count). The highest BCUT2D eigenvalue weighted by molar-refractivity contribution is 7.89. The van der Waals surface area contributed by atoms with Crippen LogP contribution in [0, 0.1) is 6.92 Å². The van der Waals surface area contributed by atoms with Gasteiger partial charge in [0.15, 0.2) is 6.10 Å². The van der Waals surface area contributed by atoms with Gasteiger partial charge < -0.3 is 15.9 Å². The summed E-state index contributed by atoms with van der Waals surface area (Å²) in [6.07, 6.45) is -1.92. The number of aliphatic hydroxyl groups is 1. The number of carbonyl (C=O) groups is 2. The molecule has 1 aromatic rings. The molecular formula is C12H16N2O6S. The Kier molecular flexibility index (Phi) is 5.41. The molecule has 0 fully saturated rings. The zero-order valence-corrected chi connectivity index (χ0v) is 12.1. The Balaban J connectivity index is 2.86. The average Bonchev–Trinajstić information content (AvgIpc) is 2.38. The molecule has 0 aliphatic rings. The third-order valence-corrected chi connectivity index (χ3v) is 4.24. The fourth-order valence-corrected chi connectivity index (χ4v) is 2.64. The molecule has 0 spiro atoms. The maximum absolute atomic E-state index is 12.0. The minimum atomic E-state index is -3.92. The highest BCUT2D eigenvalue weighted by Crippen LogP contribution is 2.15. The van der Waals surface area contributed by atoms with Crippen molar-refractivity contribution < 1.29 is 28.2 Å². The SMILES string of the molecule is Cc1ccc(S(=O)(=O)NCCC(O)C(=O)O)cc1C(N)=O. The van der Waals surface area contributed by atoms with Gasteiger partial charge in [0.1, 0.15) is 0 Å². The zero-order chi connectivity index (χ0) is 16.2. The van der Waals surface area contributed by atoms with Gasteiger partial charge in [-0.25, -0.2) is 17.9 Å². The first kappa shape index (κ1) is 17.1. The van der Waals surface area contributed by atoms with E-state index >= 15 is 0 Å². The molecule has 1 atom stereocenters. The molecule has 21 heavy (non-hydrogen) atoms. The van der Waals surface area contributed by atoms with E-state index in [-0.39, 0.29) is 23.4 Å². The fourth-order valence-electron chi connectivity index (χ4n) is 1.57. The van der Waals surface area contributed by atoms with Crippen LogP contribution < -0.4 is 10.5 Å². The molecular weight excluding hydrogens is 300 g/mol. The topological polar surface area (TPSA) is 147 Å². The van der Waals surface area contributed by atoms with Crippen LogP contribution in [0.2, 0.25) is 0 Å². The van der Waals surface area contributed by atoms with Gasteiger partial charge in [-0.3, -0.25) is 4.79 Å². The molecule has 1 amide bonds. The number of aryl methyl sites for hydroxylation is 1. The summed E-state index contributed by atoms with van der Waals surface area (Å²) < 4.78 is 26.1. The lowest BCUT2D eigenvalue weighted by Gasteiger charge is -2.10. The first-order chi connectivity index (χ1) is 9.65. The molecule has 116 valence electrons. The fraction of sp³-hybridized carbons (Fsp3) is 0.333. The molecule has 0 bridgehead atoms. The summed E-state index contributed by atoms with van der Waals surface area (Å²) in [4.78, 5) is 21.4. The molecule has 0 aliphatic heterocycles. The third-order valence-electron chi connectivity index (χ3n) is 2.78. The summed E-state index contributed by atoms with van der Waals surface area (Å²) in [6, 6.07) is 3.89. The van der Waals surface area contributed by atoms with Crippen LogP contribution in [0.15, 0.2) is 23.1 Å². The minimum absolute atomic E-state index is 0.0865. The lowest BCUT2D eigenvalue weighted by atomic mass is 10.1. The van der Waals surface area contributed by atoms with Crippen molar-refractivity contribution in [2.75, 3.05) is 6.54 Å². The van der Waals surface area contributed by atoms with Crippen LogP contribution in [-0.2, 0) is 14.8 Å². The van der Waals surface area contributed by atoms with E-state index in [1.807, 2.05) is 0 Å². The maximum Gasteiger partial charge on any atom is 0.332 e. The number of amides is 1. The van der Waals surface area contributed by atoms with Crippen LogP contribution >= 0.6 is 0 Å². The van der Waals surface area contributed by atoms with Crippen molar-refractivity contribution in [2.45, 2.75) is 24.3 Å². The number of aliphatic carboxylic acids is 1. The quantitative estimate of drug-likeness (QED) is 0.518. The second-order valence-corrected chi connectivity index (χ2v) is 6.15. The summed E-state index contributed by atoms with van der Waals surface area (Å²) in [5, 5.41) is 17.5. The number of rotatable bonds is 7. The molecule has 0 saturated carbocycles. The normalized spacial score (nSPS) is 12.9. The van der Waals surface area contributed by atoms with Crippen molar-refractivity contribution in [1.29, 1.82) is 0 Å². The van der Waals surface area contributed by atoms with E-state index in [9.17, 15) is 18.0 Å². The van der Waals surface area contributed by atoms with E-state index in [2.05, 4.69) is 4.72 Å². The highest BCUT2D eigenvalue weighted by Gasteiger charge is 2.18. The van der Waals surface area contributed by atoms with E-state index < -0.39 is 28.0 Å². The Hall–Kier alpha value is -1.97. The molecule has 5 N–H and O–H groups in total. The van der Waals surface area contributed by atoms with E-state index in [0.717, 1.165) is 6.07 Å². The number of hydrogen-bond donors (Lipinski definition) is 4. The molecule has 0 aromatic heterocycles. The summed E-state index contributed by atoms with van der Waals surface area (Å²) >= 11 is 0. The number of carboxylic acid groups (broad SMARTS) is 1. The second kappa shape index (κ2) is 6.66. The van der Waals surface area contributed by atoms with Gasteiger partial charge in [0.25, 0.3) is 0 Å². The molecule has 0 heterocycles. The Labute approximate surface area is 121 Å². The van der Waals surface area contributed by atoms with Gasteiger partial charge in [0, 0.05) is 12.1 Å². The monoisotopic (exact) mass is 316 g/mol. The Morgan fingerprint density at radius 1 is 1.38 bits per heavy atom. The summed E-state index contributed by atoms with van der Waals surface area (Å²) in [5.74, 6) is -2.17. The predicted molar refractivity (Wildman–Crippen MR) is 73.1 cm³/mol. The van der Waals surface area contributed by atoms with Crippen LogP contribution in [0.5, 0.6) is 0 Å². The number of nitrogens with two attached hydrogens (primary N) is 1.